The number of aliphatic hydroxyl groups is 2. The van der Waals surface area contributed by atoms with Crippen LogP contribution in [0.25, 0.3) is 0 Å². The van der Waals surface area contributed by atoms with Crippen molar-refractivity contribution in [2.24, 2.45) is 5.73 Å². The topological polar surface area (TPSA) is 84.9 Å². The van der Waals surface area contributed by atoms with Gasteiger partial charge in [0.05, 0.1) is 22.2 Å². The van der Waals surface area contributed by atoms with Crippen molar-refractivity contribution in [3.05, 3.63) is 0 Å². The zero-order valence-corrected chi connectivity index (χ0v) is 11.0. The lowest BCUT2D eigenvalue weighted by molar-refractivity contribution is -0.270. The van der Waals surface area contributed by atoms with Gasteiger partial charge in [0.25, 0.3) is 0 Å². The Bertz CT molecular complexity index is 205. The molecule has 0 bridgehead atoms. The van der Waals surface area contributed by atoms with E-state index in [0.29, 0.717) is 6.54 Å². The summed E-state index contributed by atoms with van der Waals surface area (Å²) in [6.45, 7) is 3.99. The molecule has 6 atom stereocenters. The molecular weight excluding hydrogens is 313 g/mol. The number of ether oxygens (including phenoxy) is 2. The van der Waals surface area contributed by atoms with Crippen LogP contribution in [0.5, 0.6) is 0 Å². The lowest BCUT2D eigenvalue weighted by Gasteiger charge is -2.39. The van der Waals surface area contributed by atoms with Gasteiger partial charge in [-0.2, -0.15) is 0 Å². The van der Waals surface area contributed by atoms with E-state index in [-0.39, 0.29) is 16.1 Å². The van der Waals surface area contributed by atoms with Crippen molar-refractivity contribution >= 4 is 22.6 Å². The van der Waals surface area contributed by atoms with Gasteiger partial charge < -0.3 is 25.4 Å². The molecule has 5 nitrogen and oxygen atoms in total. The molecule has 1 fully saturated rings. The lowest BCUT2D eigenvalue weighted by atomic mass is 10.0. The number of halogens is 1. The van der Waals surface area contributed by atoms with Crippen LogP contribution in [0.1, 0.15) is 13.8 Å². The van der Waals surface area contributed by atoms with E-state index in [9.17, 15) is 10.2 Å². The van der Waals surface area contributed by atoms with Crippen LogP contribution < -0.4 is 5.73 Å². The summed E-state index contributed by atoms with van der Waals surface area (Å²) in [5, 5.41) is 19.4. The summed E-state index contributed by atoms with van der Waals surface area (Å²) in [5.41, 5.74) is 5.41. The summed E-state index contributed by atoms with van der Waals surface area (Å²) in [6, 6.07) is 0. The fraction of sp³-hybridized carbons (Fsp3) is 1.00. The molecule has 0 saturated carbocycles. The van der Waals surface area contributed by atoms with E-state index >= 15 is 0 Å². The molecule has 1 aliphatic rings. The first-order valence-electron chi connectivity index (χ1n) is 4.98. The molecule has 1 aliphatic heterocycles. The number of hydrogen-bond donors (Lipinski definition) is 3. The number of aliphatic hydroxyl groups excluding tert-OH is 2. The number of alkyl halides is 1. The standard InChI is InChI=1S/C9H18INO4/c1-4(3-11)14-9-8(13)7(12)6(10)5(2)15-9/h4-9,12-13H,3,11H2,1-2H3/t4?,5?,6-,7?,8-,9+/m0/s1. The van der Waals surface area contributed by atoms with Gasteiger partial charge in [-0.05, 0) is 13.8 Å². The Morgan fingerprint density at radius 1 is 1.47 bits per heavy atom. The van der Waals surface area contributed by atoms with Crippen LogP contribution in [0.15, 0.2) is 0 Å². The first-order valence-corrected chi connectivity index (χ1v) is 6.23. The van der Waals surface area contributed by atoms with Gasteiger partial charge in [-0.3, -0.25) is 0 Å². The van der Waals surface area contributed by atoms with E-state index in [2.05, 4.69) is 22.6 Å². The molecule has 6 heteroatoms. The minimum atomic E-state index is -1.02. The summed E-state index contributed by atoms with van der Waals surface area (Å²) in [7, 11) is 0. The van der Waals surface area contributed by atoms with Crippen molar-refractivity contribution in [2.45, 2.75) is 48.5 Å². The van der Waals surface area contributed by atoms with Gasteiger partial charge in [0.2, 0.25) is 0 Å². The van der Waals surface area contributed by atoms with Gasteiger partial charge in [0, 0.05) is 6.54 Å². The largest absolute Gasteiger partial charge is 0.389 e. The quantitative estimate of drug-likeness (QED) is 0.485. The highest BCUT2D eigenvalue weighted by Crippen LogP contribution is 2.27. The second-order valence-electron chi connectivity index (χ2n) is 3.82. The van der Waals surface area contributed by atoms with E-state index in [1.54, 1.807) is 6.92 Å². The number of nitrogens with two attached hydrogens (primary N) is 1. The zero-order valence-electron chi connectivity index (χ0n) is 8.84. The van der Waals surface area contributed by atoms with E-state index in [1.807, 2.05) is 6.92 Å². The predicted molar refractivity (Wildman–Crippen MR) is 63.8 cm³/mol. The first-order chi connectivity index (χ1) is 6.97. The minimum absolute atomic E-state index is 0.134. The van der Waals surface area contributed by atoms with Crippen molar-refractivity contribution < 1.29 is 19.7 Å². The fourth-order valence-electron chi connectivity index (χ4n) is 1.39. The molecule has 15 heavy (non-hydrogen) atoms. The highest BCUT2D eigenvalue weighted by molar-refractivity contribution is 14.1. The van der Waals surface area contributed by atoms with Gasteiger partial charge in [-0.15, -0.1) is 0 Å². The Kier molecular flexibility index (Phi) is 5.20. The van der Waals surface area contributed by atoms with Crippen molar-refractivity contribution in [2.75, 3.05) is 6.54 Å². The van der Waals surface area contributed by atoms with Gasteiger partial charge in [0.15, 0.2) is 6.29 Å². The maximum Gasteiger partial charge on any atom is 0.186 e. The van der Waals surface area contributed by atoms with E-state index in [4.69, 9.17) is 15.2 Å². The summed E-state index contributed by atoms with van der Waals surface area (Å²) in [4.78, 5) is 0. The van der Waals surface area contributed by atoms with Crippen LogP contribution in [0.2, 0.25) is 0 Å². The number of hydrogen-bond acceptors (Lipinski definition) is 5. The molecule has 0 radical (unpaired) electrons. The van der Waals surface area contributed by atoms with Crippen molar-refractivity contribution in [3.8, 4) is 0 Å². The molecule has 0 aromatic carbocycles. The monoisotopic (exact) mass is 331 g/mol. The van der Waals surface area contributed by atoms with Crippen molar-refractivity contribution in [3.63, 3.8) is 0 Å². The fourth-order valence-corrected chi connectivity index (χ4v) is 1.99. The average Bonchev–Trinajstić information content (AvgIpc) is 2.22. The van der Waals surface area contributed by atoms with Crippen LogP contribution in [-0.4, -0.2) is 51.4 Å². The molecule has 1 saturated heterocycles. The zero-order chi connectivity index (χ0) is 11.6. The Morgan fingerprint density at radius 3 is 2.60 bits per heavy atom. The van der Waals surface area contributed by atoms with Crippen molar-refractivity contribution in [1.29, 1.82) is 0 Å². The Labute approximate surface area is 103 Å². The molecule has 1 rings (SSSR count). The van der Waals surface area contributed by atoms with Crippen LogP contribution in [-0.2, 0) is 9.47 Å². The minimum Gasteiger partial charge on any atom is -0.389 e. The van der Waals surface area contributed by atoms with E-state index in [1.165, 1.54) is 0 Å². The normalized spacial score (nSPS) is 44.0. The lowest BCUT2D eigenvalue weighted by Crippen LogP contribution is -2.56. The van der Waals surface area contributed by atoms with Gasteiger partial charge in [-0.1, -0.05) is 22.6 Å². The Balaban J connectivity index is 2.58. The van der Waals surface area contributed by atoms with Gasteiger partial charge in [-0.25, -0.2) is 0 Å². The van der Waals surface area contributed by atoms with Crippen molar-refractivity contribution in [1.82, 2.24) is 0 Å². The highest BCUT2D eigenvalue weighted by Gasteiger charge is 2.42. The first kappa shape index (κ1) is 13.6. The third-order valence-corrected chi connectivity index (χ3v) is 4.20. The average molecular weight is 331 g/mol. The third kappa shape index (κ3) is 3.24. The summed E-state index contributed by atoms with van der Waals surface area (Å²) in [5.74, 6) is 0. The van der Waals surface area contributed by atoms with E-state index in [0.717, 1.165) is 0 Å². The summed E-state index contributed by atoms with van der Waals surface area (Å²) in [6.07, 6.45) is -2.99. The molecule has 0 aromatic rings. The Hall–Kier alpha value is 0.530. The maximum absolute atomic E-state index is 9.72. The Morgan fingerprint density at radius 2 is 2.07 bits per heavy atom. The molecule has 0 aliphatic carbocycles. The summed E-state index contributed by atoms with van der Waals surface area (Å²) >= 11 is 2.06. The maximum atomic E-state index is 9.72. The molecule has 3 unspecified atom stereocenters. The number of rotatable bonds is 3. The molecule has 0 spiro atoms. The molecule has 4 N–H and O–H groups in total. The molecule has 0 amide bonds. The van der Waals surface area contributed by atoms with Crippen LogP contribution in [0.4, 0.5) is 0 Å². The smallest absolute Gasteiger partial charge is 0.186 e. The molecule has 1 heterocycles. The molecule has 0 aromatic heterocycles. The van der Waals surface area contributed by atoms with Crippen LogP contribution in [0.3, 0.4) is 0 Å². The van der Waals surface area contributed by atoms with Crippen LogP contribution >= 0.6 is 22.6 Å². The second kappa shape index (κ2) is 5.74. The van der Waals surface area contributed by atoms with Gasteiger partial charge >= 0.3 is 0 Å². The summed E-state index contributed by atoms with van der Waals surface area (Å²) < 4.78 is 10.7. The second-order valence-corrected chi connectivity index (χ2v) is 5.26. The van der Waals surface area contributed by atoms with Crippen LogP contribution in [0, 0.1) is 0 Å². The third-order valence-electron chi connectivity index (χ3n) is 2.45. The van der Waals surface area contributed by atoms with E-state index < -0.39 is 18.5 Å². The SMILES string of the molecule is CC(CN)O[C@@H]1OC(C)[C@H](I)C(O)[C@@H]1O. The molecule has 90 valence electrons. The van der Waals surface area contributed by atoms with Gasteiger partial charge in [0.1, 0.15) is 6.10 Å². The predicted octanol–water partition coefficient (Wildman–Crippen LogP) is -0.380. The molecular formula is C9H18INO4. The highest BCUT2D eigenvalue weighted by atomic mass is 127.